The van der Waals surface area contributed by atoms with Crippen molar-refractivity contribution in [1.29, 1.82) is 5.26 Å². The average Bonchev–Trinajstić information content (AvgIpc) is 2.01. The molecule has 0 amide bonds. The van der Waals surface area contributed by atoms with Crippen LogP contribution in [0.1, 0.15) is 27.2 Å². The fourth-order valence-corrected chi connectivity index (χ4v) is 0.726. The lowest BCUT2D eigenvalue weighted by Crippen LogP contribution is -2.29. The Kier molecular flexibility index (Phi) is 3.28. The van der Waals surface area contributed by atoms with Gasteiger partial charge in [0, 0.05) is 0 Å². The Morgan fingerprint density at radius 1 is 1.73 bits per heavy atom. The molecule has 62 valence electrons. The minimum Gasteiger partial charge on any atom is -0.387 e. The summed E-state index contributed by atoms with van der Waals surface area (Å²) >= 11 is 0. The summed E-state index contributed by atoms with van der Waals surface area (Å²) in [4.78, 5) is 0. The van der Waals surface area contributed by atoms with Crippen LogP contribution in [0.3, 0.4) is 0 Å². The van der Waals surface area contributed by atoms with Crippen molar-refractivity contribution in [3.63, 3.8) is 0 Å². The van der Waals surface area contributed by atoms with Crippen LogP contribution in [0, 0.1) is 16.7 Å². The van der Waals surface area contributed by atoms with E-state index in [0.29, 0.717) is 0 Å². The highest BCUT2D eigenvalue weighted by atomic mass is 16.3. The van der Waals surface area contributed by atoms with Crippen LogP contribution in [0.4, 0.5) is 0 Å². The number of rotatable bonds is 3. The highest BCUT2D eigenvalue weighted by molar-refractivity contribution is 5.22. The summed E-state index contributed by atoms with van der Waals surface area (Å²) in [6.45, 7) is 9.29. The van der Waals surface area contributed by atoms with Crippen LogP contribution in [0.2, 0.25) is 0 Å². The fraction of sp³-hybridized carbons (Fsp3) is 0.667. The zero-order chi connectivity index (χ0) is 9.07. The Bertz CT molecular complexity index is 188. The molecule has 0 bridgehead atoms. The Labute approximate surface area is 68.2 Å². The molecule has 0 aromatic heterocycles. The predicted octanol–water partition coefficient (Wildman–Crippen LogP) is 1.86. The van der Waals surface area contributed by atoms with Crippen molar-refractivity contribution in [3.05, 3.63) is 12.2 Å². The number of aliphatic hydroxyl groups excluding tert-OH is 1. The zero-order valence-electron chi connectivity index (χ0n) is 7.39. The van der Waals surface area contributed by atoms with E-state index in [1.54, 1.807) is 0 Å². The molecule has 0 fully saturated rings. The third kappa shape index (κ3) is 2.36. The summed E-state index contributed by atoms with van der Waals surface area (Å²) in [5, 5.41) is 18.0. The summed E-state index contributed by atoms with van der Waals surface area (Å²) < 4.78 is 0. The molecular weight excluding hydrogens is 138 g/mol. The summed E-state index contributed by atoms with van der Waals surface area (Å²) in [5.74, 6) is 0. The molecule has 0 radical (unpaired) electrons. The second-order valence-electron chi connectivity index (χ2n) is 3.38. The Morgan fingerprint density at radius 3 is 2.45 bits per heavy atom. The molecule has 0 aromatic carbocycles. The quantitative estimate of drug-likeness (QED) is 0.629. The summed E-state index contributed by atoms with van der Waals surface area (Å²) in [7, 11) is 0. The van der Waals surface area contributed by atoms with Crippen molar-refractivity contribution < 1.29 is 5.11 Å². The highest BCUT2D eigenvalue weighted by Gasteiger charge is 2.27. The molecule has 0 aromatic rings. The van der Waals surface area contributed by atoms with Crippen molar-refractivity contribution in [3.8, 4) is 6.07 Å². The van der Waals surface area contributed by atoms with Gasteiger partial charge in [-0.2, -0.15) is 5.26 Å². The van der Waals surface area contributed by atoms with Crippen molar-refractivity contribution in [2.45, 2.75) is 33.3 Å². The maximum Gasteiger partial charge on any atom is 0.0968 e. The monoisotopic (exact) mass is 153 g/mol. The molecule has 1 atom stereocenters. The smallest absolute Gasteiger partial charge is 0.0968 e. The van der Waals surface area contributed by atoms with Gasteiger partial charge in [0.2, 0.25) is 0 Å². The molecule has 1 N–H and O–H groups in total. The molecule has 0 aliphatic rings. The lowest BCUT2D eigenvalue weighted by atomic mass is 9.81. The molecule has 2 heteroatoms. The number of nitriles is 1. The zero-order valence-corrected chi connectivity index (χ0v) is 7.39. The first-order valence-electron chi connectivity index (χ1n) is 3.72. The standard InChI is InChI=1S/C9H15NO/c1-5-9(3,4)8(11)7(2)6-10/h8,11H,2,5H2,1,3-4H3. The summed E-state index contributed by atoms with van der Waals surface area (Å²) in [6, 6.07) is 1.86. The van der Waals surface area contributed by atoms with E-state index < -0.39 is 6.10 Å². The first-order valence-corrected chi connectivity index (χ1v) is 3.72. The third-order valence-electron chi connectivity index (χ3n) is 2.13. The highest BCUT2D eigenvalue weighted by Crippen LogP contribution is 2.28. The van der Waals surface area contributed by atoms with Crippen molar-refractivity contribution in [2.75, 3.05) is 0 Å². The SMILES string of the molecule is C=C(C#N)C(O)C(C)(C)CC. The maximum atomic E-state index is 9.52. The first kappa shape index (κ1) is 10.2. The van der Waals surface area contributed by atoms with Gasteiger partial charge in [0.05, 0.1) is 17.7 Å². The number of aliphatic hydroxyl groups is 1. The van der Waals surface area contributed by atoms with E-state index in [1.807, 2.05) is 26.8 Å². The van der Waals surface area contributed by atoms with Crippen LogP contribution in [0.15, 0.2) is 12.2 Å². The number of nitrogens with zero attached hydrogens (tertiary/aromatic N) is 1. The largest absolute Gasteiger partial charge is 0.387 e. The average molecular weight is 153 g/mol. The Morgan fingerprint density at radius 2 is 2.18 bits per heavy atom. The van der Waals surface area contributed by atoms with Gasteiger partial charge in [-0.15, -0.1) is 0 Å². The molecule has 0 aliphatic heterocycles. The maximum absolute atomic E-state index is 9.52. The van der Waals surface area contributed by atoms with Gasteiger partial charge in [-0.1, -0.05) is 27.4 Å². The van der Waals surface area contributed by atoms with Crippen molar-refractivity contribution in [2.24, 2.45) is 5.41 Å². The molecule has 11 heavy (non-hydrogen) atoms. The van der Waals surface area contributed by atoms with Gasteiger partial charge in [0.1, 0.15) is 0 Å². The normalized spacial score (nSPS) is 13.7. The minimum absolute atomic E-state index is 0.243. The van der Waals surface area contributed by atoms with Crippen molar-refractivity contribution >= 4 is 0 Å². The molecule has 0 heterocycles. The lowest BCUT2D eigenvalue weighted by Gasteiger charge is -2.28. The van der Waals surface area contributed by atoms with E-state index in [-0.39, 0.29) is 11.0 Å². The topological polar surface area (TPSA) is 44.0 Å². The second kappa shape index (κ2) is 3.54. The molecule has 0 spiro atoms. The first-order chi connectivity index (χ1) is 4.95. The van der Waals surface area contributed by atoms with Crippen LogP contribution in [0.25, 0.3) is 0 Å². The molecule has 0 saturated carbocycles. The molecule has 1 unspecified atom stereocenters. The minimum atomic E-state index is -0.711. The van der Waals surface area contributed by atoms with Crippen LogP contribution in [0.5, 0.6) is 0 Å². The van der Waals surface area contributed by atoms with E-state index >= 15 is 0 Å². The molecule has 0 aliphatic carbocycles. The third-order valence-corrected chi connectivity index (χ3v) is 2.13. The molecule has 0 saturated heterocycles. The van der Waals surface area contributed by atoms with E-state index in [1.165, 1.54) is 0 Å². The molecule has 2 nitrogen and oxygen atoms in total. The van der Waals surface area contributed by atoms with Crippen molar-refractivity contribution in [1.82, 2.24) is 0 Å². The second-order valence-corrected chi connectivity index (χ2v) is 3.38. The predicted molar refractivity (Wildman–Crippen MR) is 44.8 cm³/mol. The van der Waals surface area contributed by atoms with Crippen LogP contribution >= 0.6 is 0 Å². The van der Waals surface area contributed by atoms with Gasteiger partial charge < -0.3 is 5.11 Å². The van der Waals surface area contributed by atoms with Gasteiger partial charge >= 0.3 is 0 Å². The Balaban J connectivity index is 4.37. The molecular formula is C9H15NO. The van der Waals surface area contributed by atoms with Crippen LogP contribution in [-0.4, -0.2) is 11.2 Å². The fourth-order valence-electron chi connectivity index (χ4n) is 0.726. The lowest BCUT2D eigenvalue weighted by molar-refractivity contribution is 0.0817. The van der Waals surface area contributed by atoms with Gasteiger partial charge in [-0.25, -0.2) is 0 Å². The van der Waals surface area contributed by atoms with Gasteiger partial charge in [0.15, 0.2) is 0 Å². The van der Waals surface area contributed by atoms with Gasteiger partial charge in [-0.3, -0.25) is 0 Å². The summed E-state index contributed by atoms with van der Waals surface area (Å²) in [5.41, 5.74) is 0.00384. The number of hydrogen-bond acceptors (Lipinski definition) is 2. The van der Waals surface area contributed by atoms with E-state index in [2.05, 4.69) is 6.58 Å². The molecule has 0 rings (SSSR count). The van der Waals surface area contributed by atoms with E-state index in [9.17, 15) is 5.11 Å². The van der Waals surface area contributed by atoms with E-state index in [4.69, 9.17) is 5.26 Å². The van der Waals surface area contributed by atoms with E-state index in [0.717, 1.165) is 6.42 Å². The van der Waals surface area contributed by atoms with Gasteiger partial charge in [-0.05, 0) is 11.8 Å². The van der Waals surface area contributed by atoms with Gasteiger partial charge in [0.25, 0.3) is 0 Å². The Hall–Kier alpha value is -0.810. The van der Waals surface area contributed by atoms with Crippen LogP contribution in [-0.2, 0) is 0 Å². The van der Waals surface area contributed by atoms with Crippen LogP contribution < -0.4 is 0 Å². The number of hydrogen-bond donors (Lipinski definition) is 1. The summed E-state index contributed by atoms with van der Waals surface area (Å²) in [6.07, 6.45) is 0.118.